The highest BCUT2D eigenvalue weighted by Crippen LogP contribution is 2.26. The van der Waals surface area contributed by atoms with Crippen LogP contribution >= 0.6 is 12.4 Å². The quantitative estimate of drug-likeness (QED) is 0.728. The topological polar surface area (TPSA) is 108 Å². The van der Waals surface area contributed by atoms with Gasteiger partial charge < -0.3 is 10.6 Å². The van der Waals surface area contributed by atoms with Gasteiger partial charge in [0.2, 0.25) is 15.9 Å². The van der Waals surface area contributed by atoms with Gasteiger partial charge in [-0.3, -0.25) is 4.79 Å². The van der Waals surface area contributed by atoms with Gasteiger partial charge in [-0.05, 0) is 39.0 Å². The molecular weight excluding hydrogens is 383 g/mol. The highest BCUT2D eigenvalue weighted by Gasteiger charge is 2.38. The Morgan fingerprint density at radius 2 is 2.04 bits per heavy atom. The van der Waals surface area contributed by atoms with Gasteiger partial charge in [0.25, 0.3) is 0 Å². The van der Waals surface area contributed by atoms with Crippen molar-refractivity contribution in [2.24, 2.45) is 11.7 Å². The minimum absolute atomic E-state index is 0. The summed E-state index contributed by atoms with van der Waals surface area (Å²) in [5.74, 6) is -0.430. The minimum atomic E-state index is -3.32. The number of amides is 1. The van der Waals surface area contributed by atoms with Gasteiger partial charge in [-0.25, -0.2) is 17.1 Å². The zero-order valence-electron chi connectivity index (χ0n) is 15.2. The summed E-state index contributed by atoms with van der Waals surface area (Å²) in [7, 11) is -3.32. The lowest BCUT2D eigenvalue weighted by molar-refractivity contribution is -0.133. The van der Waals surface area contributed by atoms with Crippen molar-refractivity contribution < 1.29 is 17.6 Å². The summed E-state index contributed by atoms with van der Waals surface area (Å²) in [5.41, 5.74) is 6.01. The Morgan fingerprint density at radius 3 is 2.62 bits per heavy atom. The van der Waals surface area contributed by atoms with Crippen molar-refractivity contribution >= 4 is 28.3 Å². The highest BCUT2D eigenvalue weighted by molar-refractivity contribution is 7.89. The number of likely N-dealkylation sites (tertiary alicyclic amines) is 1. The van der Waals surface area contributed by atoms with Crippen molar-refractivity contribution in [3.63, 3.8) is 0 Å². The van der Waals surface area contributed by atoms with E-state index in [1.165, 1.54) is 9.21 Å². The lowest BCUT2D eigenvalue weighted by atomic mass is 9.92. The number of hydrogen-bond acceptors (Lipinski definition) is 5. The van der Waals surface area contributed by atoms with Gasteiger partial charge in [0.05, 0.1) is 23.9 Å². The minimum Gasteiger partial charge on any atom is -0.322 e. The molecule has 1 amide bonds. The second kappa shape index (κ2) is 9.31. The van der Waals surface area contributed by atoms with Crippen molar-refractivity contribution in [3.05, 3.63) is 0 Å². The first-order valence-corrected chi connectivity index (χ1v) is 10.3. The first-order valence-electron chi connectivity index (χ1n) is 8.75. The zero-order valence-corrected chi connectivity index (χ0v) is 16.8. The maximum Gasteiger partial charge on any atom is 0.240 e. The number of halogens is 2. The summed E-state index contributed by atoms with van der Waals surface area (Å²) in [6.45, 7) is 4.05. The van der Waals surface area contributed by atoms with Crippen molar-refractivity contribution in [1.82, 2.24) is 9.21 Å². The van der Waals surface area contributed by atoms with Gasteiger partial charge in [-0.15, -0.1) is 12.4 Å². The normalized spacial score (nSPS) is 28.5. The highest BCUT2D eigenvalue weighted by atomic mass is 35.5. The number of hydrogen-bond donors (Lipinski definition) is 1. The first kappa shape index (κ1) is 23.1. The van der Waals surface area contributed by atoms with E-state index in [0.717, 1.165) is 12.8 Å². The van der Waals surface area contributed by atoms with Crippen LogP contribution < -0.4 is 5.73 Å². The predicted molar refractivity (Wildman–Crippen MR) is 98.8 cm³/mol. The van der Waals surface area contributed by atoms with E-state index in [2.05, 4.69) is 0 Å². The fraction of sp³-hybridized carbons (Fsp3) is 0.875. The zero-order chi connectivity index (χ0) is 18.8. The molecule has 7 nitrogen and oxygen atoms in total. The monoisotopic (exact) mass is 410 g/mol. The standard InChI is InChI=1S/C16H27FN4O3S.ClH/c1-11(2)25(23,24)20-5-3-4-12(9-20)6-15(19)16(22)21-10-13(17)7-14(21)8-18;/h11-15H,3-7,9-10,19H2,1-2H3;1H/t12?,13-,14-,15-;/m0./s1. The average molecular weight is 411 g/mol. The Bertz CT molecular complexity index is 640. The Labute approximate surface area is 161 Å². The lowest BCUT2D eigenvalue weighted by Gasteiger charge is -2.34. The molecule has 0 saturated carbocycles. The molecule has 0 aromatic rings. The fourth-order valence-electron chi connectivity index (χ4n) is 3.57. The molecule has 0 aliphatic carbocycles. The molecule has 0 bridgehead atoms. The second-order valence-corrected chi connectivity index (χ2v) is 9.76. The van der Waals surface area contributed by atoms with Crippen molar-refractivity contribution in [3.8, 4) is 6.07 Å². The van der Waals surface area contributed by atoms with Crippen LogP contribution in [0.4, 0.5) is 4.39 Å². The van der Waals surface area contributed by atoms with Crippen molar-refractivity contribution in [2.75, 3.05) is 19.6 Å². The Morgan fingerprint density at radius 1 is 1.38 bits per heavy atom. The molecule has 0 radical (unpaired) electrons. The van der Waals surface area contributed by atoms with Crippen molar-refractivity contribution in [2.45, 2.75) is 63.0 Å². The summed E-state index contributed by atoms with van der Waals surface area (Å²) >= 11 is 0. The van der Waals surface area contributed by atoms with Crippen LogP contribution in [-0.4, -0.2) is 66.7 Å². The molecule has 10 heteroatoms. The molecule has 0 spiro atoms. The van der Waals surface area contributed by atoms with E-state index < -0.39 is 39.4 Å². The van der Waals surface area contributed by atoms with Crippen LogP contribution in [0, 0.1) is 17.2 Å². The summed E-state index contributed by atoms with van der Waals surface area (Å²) in [6.07, 6.45) is 0.711. The molecule has 2 rings (SSSR count). The third-order valence-electron chi connectivity index (χ3n) is 5.02. The van der Waals surface area contributed by atoms with Gasteiger partial charge in [-0.1, -0.05) is 0 Å². The van der Waals surface area contributed by atoms with Gasteiger partial charge in [-0.2, -0.15) is 5.26 Å². The Kier molecular flexibility index (Phi) is 8.27. The third kappa shape index (κ3) is 5.06. The molecule has 2 saturated heterocycles. The lowest BCUT2D eigenvalue weighted by Crippen LogP contribution is -2.49. The number of nitrogens with two attached hydrogens (primary N) is 1. The van der Waals surface area contributed by atoms with E-state index >= 15 is 0 Å². The maximum atomic E-state index is 13.5. The van der Waals surface area contributed by atoms with Crippen LogP contribution in [0.15, 0.2) is 0 Å². The summed E-state index contributed by atoms with van der Waals surface area (Å²) in [5, 5.41) is 8.58. The number of carbonyl (C=O) groups excluding carboxylic acids is 1. The number of piperidine rings is 1. The molecule has 2 aliphatic heterocycles. The number of nitriles is 1. The van der Waals surface area contributed by atoms with E-state index in [9.17, 15) is 17.6 Å². The number of rotatable bonds is 5. The van der Waals surface area contributed by atoms with Crippen LogP contribution in [0.5, 0.6) is 0 Å². The molecule has 26 heavy (non-hydrogen) atoms. The first-order chi connectivity index (χ1) is 11.7. The molecule has 150 valence electrons. The molecular formula is C16H28ClFN4O3S. The van der Waals surface area contributed by atoms with E-state index in [0.29, 0.717) is 19.5 Å². The summed E-state index contributed by atoms with van der Waals surface area (Å²) in [6, 6.07) is 0.339. The van der Waals surface area contributed by atoms with Crippen LogP contribution in [0.2, 0.25) is 0 Å². The smallest absolute Gasteiger partial charge is 0.240 e. The van der Waals surface area contributed by atoms with E-state index in [1.54, 1.807) is 13.8 Å². The van der Waals surface area contributed by atoms with Gasteiger partial charge in [0.1, 0.15) is 12.2 Å². The molecule has 1 unspecified atom stereocenters. The number of sulfonamides is 1. The molecule has 2 heterocycles. The molecule has 0 aromatic heterocycles. The molecule has 2 aliphatic rings. The molecule has 2 N–H and O–H groups in total. The van der Waals surface area contributed by atoms with Crippen LogP contribution in [-0.2, 0) is 14.8 Å². The maximum absolute atomic E-state index is 13.5. The number of alkyl halides is 1. The van der Waals surface area contributed by atoms with Gasteiger partial charge >= 0.3 is 0 Å². The van der Waals surface area contributed by atoms with Crippen LogP contribution in [0.25, 0.3) is 0 Å². The second-order valence-electron chi connectivity index (χ2n) is 7.27. The van der Waals surface area contributed by atoms with Crippen LogP contribution in [0.1, 0.15) is 39.5 Å². The molecule has 4 atom stereocenters. The largest absolute Gasteiger partial charge is 0.322 e. The molecule has 0 aromatic carbocycles. The fourth-order valence-corrected chi connectivity index (χ4v) is 4.97. The van der Waals surface area contributed by atoms with E-state index in [1.807, 2.05) is 6.07 Å². The predicted octanol–water partition coefficient (Wildman–Crippen LogP) is 1.04. The van der Waals surface area contributed by atoms with E-state index in [4.69, 9.17) is 11.0 Å². The summed E-state index contributed by atoms with van der Waals surface area (Å²) in [4.78, 5) is 13.7. The summed E-state index contributed by atoms with van der Waals surface area (Å²) < 4.78 is 39.6. The van der Waals surface area contributed by atoms with Gasteiger partial charge in [0, 0.05) is 19.5 Å². The van der Waals surface area contributed by atoms with Gasteiger partial charge in [0.15, 0.2) is 0 Å². The molecule has 2 fully saturated rings. The SMILES string of the molecule is CC(C)S(=O)(=O)N1CCCC(C[C@H](N)C(=O)N2C[C@@H](F)C[C@H]2C#N)C1.Cl. The van der Waals surface area contributed by atoms with Crippen LogP contribution in [0.3, 0.4) is 0 Å². The average Bonchev–Trinajstić information content (AvgIpc) is 2.95. The van der Waals surface area contributed by atoms with E-state index in [-0.39, 0.29) is 31.3 Å². The third-order valence-corrected chi connectivity index (χ3v) is 7.27. The van der Waals surface area contributed by atoms with Crippen molar-refractivity contribution in [1.29, 1.82) is 5.26 Å². The number of nitrogens with zero attached hydrogens (tertiary/aromatic N) is 3. The Hall–Kier alpha value is -0.950. The number of carbonyl (C=O) groups is 1. The Balaban J connectivity index is 0.00000338.